The summed E-state index contributed by atoms with van der Waals surface area (Å²) >= 11 is 0. The van der Waals surface area contributed by atoms with Crippen molar-refractivity contribution in [1.82, 2.24) is 4.72 Å². The molecule has 0 spiro atoms. The third kappa shape index (κ3) is 0.942. The second kappa shape index (κ2) is 1.03. The minimum absolute atomic E-state index is 0.222. The molecule has 0 saturated carbocycles. The summed E-state index contributed by atoms with van der Waals surface area (Å²) in [7, 11) is -0.673. The number of carbonyl (C=O) groups is 1. The van der Waals surface area contributed by atoms with Crippen LogP contribution in [-0.4, -0.2) is 30.3 Å². The fourth-order valence-electron chi connectivity index (χ4n) is 0.409. The summed E-state index contributed by atoms with van der Waals surface area (Å²) in [5.41, 5.74) is 0. The van der Waals surface area contributed by atoms with Gasteiger partial charge in [0, 0.05) is 0 Å². The topological polar surface area (TPSA) is 29.1 Å². The van der Waals surface area contributed by atoms with Crippen molar-refractivity contribution in [2.45, 2.75) is 0 Å². The van der Waals surface area contributed by atoms with Crippen molar-refractivity contribution in [2.75, 3.05) is 25.0 Å². The number of hydrogen-bond donors (Lipinski definition) is 1. The Bertz CT molecular complexity index is 187. The molecule has 0 unspecified atom stereocenters. The molecule has 1 N–H and O–H groups in total. The average Bonchev–Trinajstić information content (AvgIpc) is 1.60. The molecule has 1 fully saturated rings. The second-order valence-corrected chi connectivity index (χ2v) is 18.3. The van der Waals surface area contributed by atoms with Crippen molar-refractivity contribution >= 4 is 23.5 Å². The van der Waals surface area contributed by atoms with Gasteiger partial charge in [0.15, 0.2) is 0 Å². The van der Waals surface area contributed by atoms with Crippen LogP contribution in [0.4, 0.5) is 4.79 Å². The zero-order valence-electron chi connectivity index (χ0n) is 6.22. The molecular formula is C5H13NOS2. The van der Waals surface area contributed by atoms with Crippen LogP contribution in [0.3, 0.4) is 0 Å². The molecule has 0 aliphatic carbocycles. The van der Waals surface area contributed by atoms with Crippen LogP contribution in [0.25, 0.3) is 0 Å². The fourth-order valence-corrected chi connectivity index (χ4v) is 3.68. The molecule has 0 radical (unpaired) electrons. The van der Waals surface area contributed by atoms with Crippen molar-refractivity contribution in [3.8, 4) is 0 Å². The average molecular weight is 167 g/mol. The van der Waals surface area contributed by atoms with Crippen LogP contribution in [0.1, 0.15) is 0 Å². The zero-order valence-corrected chi connectivity index (χ0v) is 7.86. The van der Waals surface area contributed by atoms with Crippen LogP contribution in [0.15, 0.2) is 0 Å². The van der Waals surface area contributed by atoms with Gasteiger partial charge in [-0.05, 0) is 36.0 Å². The molecule has 1 saturated heterocycles. The van der Waals surface area contributed by atoms with Gasteiger partial charge in [-0.1, -0.05) is 0 Å². The molecule has 0 aromatic heterocycles. The van der Waals surface area contributed by atoms with Crippen molar-refractivity contribution < 1.29 is 4.79 Å². The lowest BCUT2D eigenvalue weighted by Gasteiger charge is -2.70. The first-order chi connectivity index (χ1) is 3.64. The minimum atomic E-state index is -2.27. The molecule has 0 bridgehead atoms. The van der Waals surface area contributed by atoms with E-state index >= 15 is 0 Å². The number of nitrogens with one attached hydrogen (secondary N) is 1. The number of rotatable bonds is 0. The Morgan fingerprint density at radius 1 is 1.33 bits per heavy atom. The van der Waals surface area contributed by atoms with Gasteiger partial charge in [-0.25, -0.2) is 0 Å². The van der Waals surface area contributed by atoms with Crippen LogP contribution in [0, 0.1) is 0 Å². The molecule has 0 aromatic carbocycles. The second-order valence-electron chi connectivity index (χ2n) is 4.49. The summed E-state index contributed by atoms with van der Waals surface area (Å²) in [6.07, 6.45) is 8.24. The van der Waals surface area contributed by atoms with E-state index in [9.17, 15) is 4.79 Å². The summed E-state index contributed by atoms with van der Waals surface area (Å²) in [5, 5.41) is 0.222. The fraction of sp³-hybridized carbons (Fsp3) is 0.800. The van der Waals surface area contributed by atoms with E-state index in [4.69, 9.17) is 0 Å². The Balaban J connectivity index is 3.14. The van der Waals surface area contributed by atoms with Gasteiger partial charge >= 0.3 is 0 Å². The van der Waals surface area contributed by atoms with E-state index < -0.39 is 7.33 Å². The molecule has 1 aliphatic rings. The molecule has 4 heteroatoms. The van der Waals surface area contributed by atoms with E-state index in [2.05, 4.69) is 29.7 Å². The highest BCUT2D eigenvalue weighted by molar-refractivity contribution is 9.20. The maximum atomic E-state index is 11.1. The van der Waals surface area contributed by atoms with Gasteiger partial charge in [0.25, 0.3) is 5.24 Å². The van der Waals surface area contributed by atoms with Crippen LogP contribution in [-0.2, 0) is 0 Å². The van der Waals surface area contributed by atoms with Gasteiger partial charge in [-0.3, -0.25) is 9.52 Å². The van der Waals surface area contributed by atoms with Crippen LogP contribution in [0.2, 0.25) is 0 Å². The van der Waals surface area contributed by atoms with Gasteiger partial charge < -0.3 is 0 Å². The number of carbonyl (C=O) groups excluding carboxylic acids is 1. The highest BCUT2D eigenvalue weighted by atomic mass is 33.2. The molecule has 1 aliphatic heterocycles. The lowest BCUT2D eigenvalue weighted by Crippen LogP contribution is -2.51. The summed E-state index contributed by atoms with van der Waals surface area (Å²) in [4.78, 5) is 11.1. The van der Waals surface area contributed by atoms with Crippen LogP contribution in [0.5, 0.6) is 0 Å². The Labute approximate surface area is 58.6 Å². The van der Waals surface area contributed by atoms with E-state index in [0.29, 0.717) is 0 Å². The van der Waals surface area contributed by atoms with E-state index in [0.717, 1.165) is 0 Å². The third-order valence-corrected chi connectivity index (χ3v) is 7.16. The first kappa shape index (κ1) is 7.28. The Morgan fingerprint density at radius 2 is 1.67 bits per heavy atom. The Hall–Kier alpha value is 0.170. The molecule has 1 amide bonds. The lowest BCUT2D eigenvalue weighted by molar-refractivity contribution is 0.263. The standard InChI is InChI=1S/C5H13NOS2/c1-9(2,3,4)5(7)6-8-9/h1-4H3,(H,6,7). The normalized spacial score (nSPS) is 42.0. The van der Waals surface area contributed by atoms with Crippen molar-refractivity contribution in [1.29, 1.82) is 0 Å². The molecule has 0 atom stereocenters. The van der Waals surface area contributed by atoms with Crippen LogP contribution < -0.4 is 4.72 Å². The van der Waals surface area contributed by atoms with Gasteiger partial charge in [0.2, 0.25) is 0 Å². The first-order valence-electron chi connectivity index (χ1n) is 2.66. The van der Waals surface area contributed by atoms with E-state index in [1.54, 1.807) is 11.0 Å². The molecule has 9 heavy (non-hydrogen) atoms. The van der Waals surface area contributed by atoms with Gasteiger partial charge in [0.05, 0.1) is 0 Å². The van der Waals surface area contributed by atoms with Crippen molar-refractivity contribution in [3.63, 3.8) is 0 Å². The van der Waals surface area contributed by atoms with Crippen molar-refractivity contribution in [2.24, 2.45) is 0 Å². The summed E-state index contributed by atoms with van der Waals surface area (Å²) < 4.78 is 2.71. The van der Waals surface area contributed by atoms with Gasteiger partial charge in [0.1, 0.15) is 0 Å². The highest BCUT2D eigenvalue weighted by Gasteiger charge is 2.59. The summed E-state index contributed by atoms with van der Waals surface area (Å²) in [5.74, 6) is 0. The Morgan fingerprint density at radius 3 is 1.67 bits per heavy atom. The molecule has 1 heterocycles. The lowest BCUT2D eigenvalue weighted by atomic mass is 11.4. The monoisotopic (exact) mass is 167 g/mol. The zero-order chi connectivity index (χ0) is 7.40. The van der Waals surface area contributed by atoms with E-state index in [1.807, 2.05) is 0 Å². The summed E-state index contributed by atoms with van der Waals surface area (Å²) in [6, 6.07) is 0. The Kier molecular flexibility index (Phi) is 0.835. The SMILES string of the molecule is CS1(C)(C)(C)SNC1=O. The number of amides is 1. The van der Waals surface area contributed by atoms with Crippen molar-refractivity contribution in [3.05, 3.63) is 0 Å². The molecule has 1 rings (SSSR count). The molecule has 0 aromatic rings. The maximum Gasteiger partial charge on any atom is 0.267 e. The number of hydrogen-bond acceptors (Lipinski definition) is 2. The van der Waals surface area contributed by atoms with E-state index in [1.165, 1.54) is 0 Å². The highest BCUT2D eigenvalue weighted by Crippen LogP contribution is 2.92. The van der Waals surface area contributed by atoms with Crippen LogP contribution >= 0.6 is 18.3 Å². The van der Waals surface area contributed by atoms with Gasteiger partial charge in [-0.2, -0.15) is 7.33 Å². The quantitative estimate of drug-likeness (QED) is 0.439. The predicted octanol–water partition coefficient (Wildman–Crippen LogP) is 1.67. The minimum Gasteiger partial charge on any atom is -0.285 e. The summed E-state index contributed by atoms with van der Waals surface area (Å²) in [6.45, 7) is 0. The van der Waals surface area contributed by atoms with E-state index in [-0.39, 0.29) is 5.24 Å². The molecule has 56 valence electrons. The third-order valence-electron chi connectivity index (χ3n) is 1.32. The first-order valence-corrected chi connectivity index (χ1v) is 8.08. The maximum absolute atomic E-state index is 11.1. The largest absolute Gasteiger partial charge is 0.285 e. The smallest absolute Gasteiger partial charge is 0.267 e. The predicted molar refractivity (Wildman–Crippen MR) is 47.4 cm³/mol. The van der Waals surface area contributed by atoms with Gasteiger partial charge in [-0.15, -0.1) is 0 Å². The molecular weight excluding hydrogens is 154 g/mol. The molecule has 2 nitrogen and oxygen atoms in total.